The molecular formula is C20H29N5S. The number of hydrogen-bond acceptors (Lipinski definition) is 4. The standard InChI is InChI=1S/C20H29N5S/c1-14(25-10-9-17-7-5-6-8-18(17)13-25)11-22-20(21-4)23-12-19-15(2)24-16(3)26-19/h5-8,14H,9-13H2,1-4H3,(H2,21,22,23). The van der Waals surface area contributed by atoms with E-state index in [-0.39, 0.29) is 0 Å². The Morgan fingerprint density at radius 2 is 2.04 bits per heavy atom. The lowest BCUT2D eigenvalue weighted by molar-refractivity contribution is 0.191. The lowest BCUT2D eigenvalue weighted by Gasteiger charge is -2.34. The van der Waals surface area contributed by atoms with Crippen molar-refractivity contribution in [2.45, 2.75) is 46.3 Å². The van der Waals surface area contributed by atoms with Gasteiger partial charge < -0.3 is 10.6 Å². The molecule has 1 aromatic carbocycles. The second-order valence-electron chi connectivity index (χ2n) is 6.89. The van der Waals surface area contributed by atoms with Gasteiger partial charge in [-0.05, 0) is 38.3 Å². The van der Waals surface area contributed by atoms with Gasteiger partial charge in [0, 0.05) is 37.6 Å². The first-order valence-electron chi connectivity index (χ1n) is 9.25. The fourth-order valence-corrected chi connectivity index (χ4v) is 4.27. The molecule has 0 spiro atoms. The maximum Gasteiger partial charge on any atom is 0.191 e. The summed E-state index contributed by atoms with van der Waals surface area (Å²) >= 11 is 1.74. The number of fused-ring (bicyclic) bond motifs is 1. The second-order valence-corrected chi connectivity index (χ2v) is 8.17. The fraction of sp³-hybridized carbons (Fsp3) is 0.500. The number of nitrogens with zero attached hydrogens (tertiary/aromatic N) is 3. The van der Waals surface area contributed by atoms with Gasteiger partial charge in [0.05, 0.1) is 17.2 Å². The molecule has 1 unspecified atom stereocenters. The molecule has 3 rings (SSSR count). The largest absolute Gasteiger partial charge is 0.355 e. The lowest BCUT2D eigenvalue weighted by Crippen LogP contribution is -2.47. The van der Waals surface area contributed by atoms with Crippen molar-refractivity contribution in [1.82, 2.24) is 20.5 Å². The predicted molar refractivity (Wildman–Crippen MR) is 110 cm³/mol. The third-order valence-electron chi connectivity index (χ3n) is 4.99. The van der Waals surface area contributed by atoms with Crippen molar-refractivity contribution >= 4 is 17.3 Å². The number of thiazole rings is 1. The van der Waals surface area contributed by atoms with Gasteiger partial charge in [-0.2, -0.15) is 0 Å². The molecule has 1 aliphatic heterocycles. The van der Waals surface area contributed by atoms with Gasteiger partial charge in [0.2, 0.25) is 0 Å². The highest BCUT2D eigenvalue weighted by molar-refractivity contribution is 7.11. The Hall–Kier alpha value is -1.92. The summed E-state index contributed by atoms with van der Waals surface area (Å²) in [5.41, 5.74) is 4.07. The minimum atomic E-state index is 0.453. The first-order chi connectivity index (χ1) is 12.6. The number of aryl methyl sites for hydroxylation is 2. The molecule has 0 radical (unpaired) electrons. The summed E-state index contributed by atoms with van der Waals surface area (Å²) < 4.78 is 0. The average Bonchev–Trinajstić information content (AvgIpc) is 2.98. The van der Waals surface area contributed by atoms with Crippen molar-refractivity contribution in [1.29, 1.82) is 0 Å². The van der Waals surface area contributed by atoms with Gasteiger partial charge in [0.25, 0.3) is 0 Å². The van der Waals surface area contributed by atoms with E-state index < -0.39 is 0 Å². The first-order valence-corrected chi connectivity index (χ1v) is 10.1. The van der Waals surface area contributed by atoms with Crippen LogP contribution < -0.4 is 10.6 Å². The van der Waals surface area contributed by atoms with E-state index in [1.165, 1.54) is 16.0 Å². The van der Waals surface area contributed by atoms with Crippen LogP contribution in [0, 0.1) is 13.8 Å². The van der Waals surface area contributed by atoms with Crippen LogP contribution in [0.2, 0.25) is 0 Å². The van der Waals surface area contributed by atoms with Gasteiger partial charge in [0.1, 0.15) is 0 Å². The Morgan fingerprint density at radius 3 is 2.73 bits per heavy atom. The minimum Gasteiger partial charge on any atom is -0.355 e. The molecule has 2 aromatic rings. The molecule has 0 saturated carbocycles. The summed E-state index contributed by atoms with van der Waals surface area (Å²) in [6.07, 6.45) is 1.14. The number of rotatable bonds is 5. The van der Waals surface area contributed by atoms with Gasteiger partial charge >= 0.3 is 0 Å². The Bertz CT molecular complexity index is 767. The molecule has 1 atom stereocenters. The van der Waals surface area contributed by atoms with E-state index in [0.717, 1.165) is 49.3 Å². The van der Waals surface area contributed by atoms with Crippen molar-refractivity contribution in [2.75, 3.05) is 20.1 Å². The Balaban J connectivity index is 1.48. The van der Waals surface area contributed by atoms with Crippen LogP contribution in [-0.2, 0) is 19.5 Å². The van der Waals surface area contributed by atoms with E-state index >= 15 is 0 Å². The summed E-state index contributed by atoms with van der Waals surface area (Å²) in [6.45, 7) is 10.2. The molecule has 140 valence electrons. The molecule has 1 aliphatic rings. The molecule has 0 fully saturated rings. The summed E-state index contributed by atoms with van der Waals surface area (Å²) in [4.78, 5) is 12.6. The molecule has 0 bridgehead atoms. The zero-order chi connectivity index (χ0) is 18.5. The van der Waals surface area contributed by atoms with E-state index in [2.05, 4.69) is 63.6 Å². The highest BCUT2D eigenvalue weighted by Gasteiger charge is 2.20. The van der Waals surface area contributed by atoms with Gasteiger partial charge in [-0.3, -0.25) is 9.89 Å². The number of hydrogen-bond donors (Lipinski definition) is 2. The van der Waals surface area contributed by atoms with Crippen molar-refractivity contribution in [3.8, 4) is 0 Å². The Morgan fingerprint density at radius 1 is 1.27 bits per heavy atom. The molecule has 0 amide bonds. The molecule has 1 aromatic heterocycles. The van der Waals surface area contributed by atoms with E-state index in [1.54, 1.807) is 11.3 Å². The second kappa shape index (κ2) is 8.64. The van der Waals surface area contributed by atoms with Crippen molar-refractivity contribution in [3.63, 3.8) is 0 Å². The highest BCUT2D eigenvalue weighted by Crippen LogP contribution is 2.20. The topological polar surface area (TPSA) is 52.6 Å². The molecule has 5 nitrogen and oxygen atoms in total. The van der Waals surface area contributed by atoms with Crippen molar-refractivity contribution in [2.24, 2.45) is 4.99 Å². The van der Waals surface area contributed by atoms with Crippen LogP contribution in [0.1, 0.15) is 33.6 Å². The maximum absolute atomic E-state index is 4.48. The summed E-state index contributed by atoms with van der Waals surface area (Å²) in [7, 11) is 1.82. The molecule has 0 saturated heterocycles. The predicted octanol–water partition coefficient (Wildman–Crippen LogP) is 2.87. The number of guanidine groups is 1. The first kappa shape index (κ1) is 18.9. The third kappa shape index (κ3) is 4.62. The van der Waals surface area contributed by atoms with Crippen LogP contribution in [0.25, 0.3) is 0 Å². The molecule has 26 heavy (non-hydrogen) atoms. The summed E-state index contributed by atoms with van der Waals surface area (Å²) in [5, 5.41) is 7.99. The van der Waals surface area contributed by atoms with E-state index in [1.807, 2.05) is 14.0 Å². The van der Waals surface area contributed by atoms with Crippen LogP contribution in [0.3, 0.4) is 0 Å². The van der Waals surface area contributed by atoms with Crippen LogP contribution in [0.5, 0.6) is 0 Å². The number of nitrogens with one attached hydrogen (secondary N) is 2. The minimum absolute atomic E-state index is 0.453. The molecule has 0 aliphatic carbocycles. The van der Waals surface area contributed by atoms with E-state index in [0.29, 0.717) is 6.04 Å². The van der Waals surface area contributed by atoms with Crippen molar-refractivity contribution in [3.05, 3.63) is 51.0 Å². The van der Waals surface area contributed by atoms with Gasteiger partial charge in [-0.25, -0.2) is 4.98 Å². The van der Waals surface area contributed by atoms with E-state index in [9.17, 15) is 0 Å². The smallest absolute Gasteiger partial charge is 0.191 e. The summed E-state index contributed by atoms with van der Waals surface area (Å²) in [5.74, 6) is 0.847. The highest BCUT2D eigenvalue weighted by atomic mass is 32.1. The maximum atomic E-state index is 4.48. The zero-order valence-electron chi connectivity index (χ0n) is 16.2. The molecule has 2 N–H and O–H groups in total. The summed E-state index contributed by atoms with van der Waals surface area (Å²) in [6, 6.07) is 9.24. The van der Waals surface area contributed by atoms with Gasteiger partial charge in [-0.15, -0.1) is 11.3 Å². The monoisotopic (exact) mass is 371 g/mol. The van der Waals surface area contributed by atoms with Crippen LogP contribution in [-0.4, -0.2) is 42.0 Å². The third-order valence-corrected chi connectivity index (χ3v) is 6.06. The van der Waals surface area contributed by atoms with Gasteiger partial charge in [-0.1, -0.05) is 24.3 Å². The van der Waals surface area contributed by atoms with Crippen LogP contribution in [0.4, 0.5) is 0 Å². The number of aromatic nitrogens is 1. The fourth-order valence-electron chi connectivity index (χ4n) is 3.39. The molecular weight excluding hydrogens is 342 g/mol. The Kier molecular flexibility index (Phi) is 6.27. The van der Waals surface area contributed by atoms with Crippen LogP contribution in [0.15, 0.2) is 29.3 Å². The van der Waals surface area contributed by atoms with Crippen molar-refractivity contribution < 1.29 is 0 Å². The Labute approximate surface area is 160 Å². The normalized spacial score (nSPS) is 16.2. The SMILES string of the molecule is CN=C(NCc1sc(C)nc1C)NCC(C)N1CCc2ccccc2C1. The molecule has 6 heteroatoms. The van der Waals surface area contributed by atoms with E-state index in [4.69, 9.17) is 0 Å². The number of benzene rings is 1. The lowest BCUT2D eigenvalue weighted by atomic mass is 9.99. The van der Waals surface area contributed by atoms with Crippen LogP contribution >= 0.6 is 11.3 Å². The average molecular weight is 372 g/mol. The zero-order valence-corrected chi connectivity index (χ0v) is 17.0. The number of aliphatic imine (C=N–C) groups is 1. The quantitative estimate of drug-likeness (QED) is 0.627. The molecule has 2 heterocycles. The van der Waals surface area contributed by atoms with Gasteiger partial charge in [0.15, 0.2) is 5.96 Å².